The maximum absolute atomic E-state index is 11.5. The summed E-state index contributed by atoms with van der Waals surface area (Å²) in [6.45, 7) is 4.69. The zero-order chi connectivity index (χ0) is 9.68. The first-order valence-corrected chi connectivity index (χ1v) is 4.66. The molecule has 0 spiro atoms. The number of amides is 1. The Morgan fingerprint density at radius 2 is 2.08 bits per heavy atom. The summed E-state index contributed by atoms with van der Waals surface area (Å²) in [4.78, 5) is 11.5. The van der Waals surface area contributed by atoms with Gasteiger partial charge in [0, 0.05) is 18.9 Å². The molecule has 3 heteroatoms. The average molecular weight is 180 g/mol. The minimum absolute atomic E-state index is 0.0815. The van der Waals surface area contributed by atoms with Crippen molar-refractivity contribution in [3.63, 3.8) is 0 Å². The van der Waals surface area contributed by atoms with E-state index in [1.807, 2.05) is 42.9 Å². The molecule has 72 valence electrons. The molecule has 0 aromatic carbocycles. The standard InChI is InChI=1S/C10H16N2O/c1-3-6-11-10(13)9(2)12-7-4-5-8-12/h4-5,7-9H,3,6H2,1-2H3,(H,11,13). The van der Waals surface area contributed by atoms with Crippen LogP contribution in [-0.4, -0.2) is 17.0 Å². The Morgan fingerprint density at radius 1 is 1.46 bits per heavy atom. The Morgan fingerprint density at radius 3 is 2.62 bits per heavy atom. The number of rotatable bonds is 4. The van der Waals surface area contributed by atoms with Gasteiger partial charge in [-0.05, 0) is 25.5 Å². The molecule has 1 amide bonds. The molecule has 3 nitrogen and oxygen atoms in total. The van der Waals surface area contributed by atoms with Crippen molar-refractivity contribution in [1.82, 2.24) is 9.88 Å². The van der Waals surface area contributed by atoms with Crippen LogP contribution < -0.4 is 5.32 Å². The van der Waals surface area contributed by atoms with Crippen LogP contribution in [-0.2, 0) is 4.79 Å². The number of nitrogens with one attached hydrogen (secondary N) is 1. The van der Waals surface area contributed by atoms with Gasteiger partial charge in [-0.1, -0.05) is 6.92 Å². The molecule has 0 bridgehead atoms. The number of hydrogen-bond acceptors (Lipinski definition) is 1. The number of hydrogen-bond donors (Lipinski definition) is 1. The van der Waals surface area contributed by atoms with Crippen LogP contribution >= 0.6 is 0 Å². The van der Waals surface area contributed by atoms with Crippen molar-refractivity contribution < 1.29 is 4.79 Å². The molecule has 1 aromatic heterocycles. The Bertz CT molecular complexity index is 254. The van der Waals surface area contributed by atoms with Crippen molar-refractivity contribution in [2.24, 2.45) is 0 Å². The lowest BCUT2D eigenvalue weighted by atomic mass is 10.3. The predicted molar refractivity (Wildman–Crippen MR) is 52.4 cm³/mol. The number of aromatic nitrogens is 1. The highest BCUT2D eigenvalue weighted by Gasteiger charge is 2.11. The molecule has 0 aliphatic rings. The van der Waals surface area contributed by atoms with Crippen LogP contribution in [0.5, 0.6) is 0 Å². The smallest absolute Gasteiger partial charge is 0.242 e. The van der Waals surface area contributed by atoms with Gasteiger partial charge in [0.05, 0.1) is 0 Å². The molecule has 0 fully saturated rings. The summed E-state index contributed by atoms with van der Waals surface area (Å²) in [7, 11) is 0. The van der Waals surface area contributed by atoms with Gasteiger partial charge in [0.15, 0.2) is 0 Å². The van der Waals surface area contributed by atoms with Crippen LogP contribution in [0.4, 0.5) is 0 Å². The first-order valence-electron chi connectivity index (χ1n) is 4.66. The fourth-order valence-electron chi connectivity index (χ4n) is 1.14. The minimum atomic E-state index is -0.110. The molecule has 1 unspecified atom stereocenters. The van der Waals surface area contributed by atoms with E-state index in [9.17, 15) is 4.79 Å². The summed E-state index contributed by atoms with van der Waals surface area (Å²) in [5.41, 5.74) is 0. The molecular formula is C10H16N2O. The van der Waals surface area contributed by atoms with Crippen LogP contribution in [0.15, 0.2) is 24.5 Å². The molecule has 13 heavy (non-hydrogen) atoms. The Labute approximate surface area is 78.8 Å². The van der Waals surface area contributed by atoms with Crippen LogP contribution in [0.3, 0.4) is 0 Å². The normalized spacial score (nSPS) is 12.5. The quantitative estimate of drug-likeness (QED) is 0.750. The summed E-state index contributed by atoms with van der Waals surface area (Å²) in [6.07, 6.45) is 4.77. The van der Waals surface area contributed by atoms with Gasteiger partial charge >= 0.3 is 0 Å². The third-order valence-electron chi connectivity index (χ3n) is 2.00. The van der Waals surface area contributed by atoms with Crippen molar-refractivity contribution >= 4 is 5.91 Å². The van der Waals surface area contributed by atoms with Gasteiger partial charge in [-0.15, -0.1) is 0 Å². The van der Waals surface area contributed by atoms with Gasteiger partial charge < -0.3 is 9.88 Å². The van der Waals surface area contributed by atoms with Crippen molar-refractivity contribution in [2.45, 2.75) is 26.3 Å². The van der Waals surface area contributed by atoms with Crippen molar-refractivity contribution in [1.29, 1.82) is 0 Å². The zero-order valence-corrected chi connectivity index (χ0v) is 8.16. The fraction of sp³-hybridized carbons (Fsp3) is 0.500. The van der Waals surface area contributed by atoms with Crippen molar-refractivity contribution in [2.75, 3.05) is 6.54 Å². The molecule has 0 saturated carbocycles. The lowest BCUT2D eigenvalue weighted by Crippen LogP contribution is -2.30. The van der Waals surface area contributed by atoms with Crippen LogP contribution in [0.1, 0.15) is 26.3 Å². The second kappa shape index (κ2) is 4.70. The highest BCUT2D eigenvalue weighted by molar-refractivity contribution is 5.79. The molecule has 0 radical (unpaired) electrons. The number of carbonyl (C=O) groups is 1. The van der Waals surface area contributed by atoms with E-state index in [1.54, 1.807) is 0 Å². The first-order chi connectivity index (χ1) is 6.25. The second-order valence-corrected chi connectivity index (χ2v) is 3.10. The summed E-state index contributed by atoms with van der Waals surface area (Å²) >= 11 is 0. The molecule has 0 aliphatic carbocycles. The SMILES string of the molecule is CCCNC(=O)C(C)n1cccc1. The average Bonchev–Trinajstić information content (AvgIpc) is 2.65. The number of nitrogens with zero attached hydrogens (tertiary/aromatic N) is 1. The zero-order valence-electron chi connectivity index (χ0n) is 8.16. The molecule has 0 aliphatic heterocycles. The maximum atomic E-state index is 11.5. The number of carbonyl (C=O) groups excluding carboxylic acids is 1. The molecule has 1 rings (SSSR count). The second-order valence-electron chi connectivity index (χ2n) is 3.10. The van der Waals surface area contributed by atoms with Crippen LogP contribution in [0, 0.1) is 0 Å². The monoisotopic (exact) mass is 180 g/mol. The highest BCUT2D eigenvalue weighted by Crippen LogP contribution is 2.04. The van der Waals surface area contributed by atoms with Crippen molar-refractivity contribution in [3.05, 3.63) is 24.5 Å². The summed E-state index contributed by atoms with van der Waals surface area (Å²) in [6, 6.07) is 3.73. The van der Waals surface area contributed by atoms with E-state index in [0.717, 1.165) is 13.0 Å². The van der Waals surface area contributed by atoms with Gasteiger partial charge in [-0.3, -0.25) is 4.79 Å². The van der Waals surface area contributed by atoms with Gasteiger partial charge in [0.25, 0.3) is 0 Å². The fourth-order valence-corrected chi connectivity index (χ4v) is 1.14. The van der Waals surface area contributed by atoms with E-state index in [0.29, 0.717) is 0 Å². The Hall–Kier alpha value is -1.25. The van der Waals surface area contributed by atoms with Crippen LogP contribution in [0.2, 0.25) is 0 Å². The van der Waals surface area contributed by atoms with Crippen LogP contribution in [0.25, 0.3) is 0 Å². The van der Waals surface area contributed by atoms with E-state index < -0.39 is 0 Å². The van der Waals surface area contributed by atoms with Gasteiger partial charge in [0.1, 0.15) is 6.04 Å². The molecule has 0 saturated heterocycles. The Kier molecular flexibility index (Phi) is 3.55. The molecule has 1 heterocycles. The van der Waals surface area contributed by atoms with Gasteiger partial charge in [0.2, 0.25) is 5.91 Å². The largest absolute Gasteiger partial charge is 0.354 e. The summed E-state index contributed by atoms with van der Waals surface area (Å²) < 4.78 is 1.89. The van der Waals surface area contributed by atoms with Gasteiger partial charge in [-0.2, -0.15) is 0 Å². The minimum Gasteiger partial charge on any atom is -0.354 e. The van der Waals surface area contributed by atoms with E-state index >= 15 is 0 Å². The topological polar surface area (TPSA) is 34.0 Å². The molecule has 1 atom stereocenters. The van der Waals surface area contributed by atoms with Crippen molar-refractivity contribution in [3.8, 4) is 0 Å². The van der Waals surface area contributed by atoms with E-state index in [1.165, 1.54) is 0 Å². The van der Waals surface area contributed by atoms with Gasteiger partial charge in [-0.25, -0.2) is 0 Å². The molecule has 1 N–H and O–H groups in total. The predicted octanol–water partition coefficient (Wildman–Crippen LogP) is 1.58. The summed E-state index contributed by atoms with van der Waals surface area (Å²) in [5.74, 6) is 0.0815. The highest BCUT2D eigenvalue weighted by atomic mass is 16.2. The first kappa shape index (κ1) is 9.84. The molecular weight excluding hydrogens is 164 g/mol. The van der Waals surface area contributed by atoms with E-state index in [2.05, 4.69) is 5.32 Å². The van der Waals surface area contributed by atoms with E-state index in [-0.39, 0.29) is 11.9 Å². The van der Waals surface area contributed by atoms with E-state index in [4.69, 9.17) is 0 Å². The third kappa shape index (κ3) is 2.61. The Balaban J connectivity index is 2.48. The molecule has 1 aromatic rings. The lowest BCUT2D eigenvalue weighted by Gasteiger charge is -2.13. The lowest BCUT2D eigenvalue weighted by molar-refractivity contribution is -0.123. The summed E-state index contributed by atoms with van der Waals surface area (Å²) in [5, 5.41) is 2.86. The maximum Gasteiger partial charge on any atom is 0.242 e. The third-order valence-corrected chi connectivity index (χ3v) is 2.00.